The van der Waals surface area contributed by atoms with E-state index in [0.29, 0.717) is 24.7 Å². The van der Waals surface area contributed by atoms with E-state index >= 15 is 0 Å². The Hall–Kier alpha value is -1.19. The van der Waals surface area contributed by atoms with Crippen LogP contribution in [0.3, 0.4) is 0 Å². The fourth-order valence-corrected chi connectivity index (χ4v) is 4.93. The van der Waals surface area contributed by atoms with Crippen LogP contribution in [0.2, 0.25) is 0 Å². The van der Waals surface area contributed by atoms with Gasteiger partial charge in [-0.1, -0.05) is 6.07 Å². The van der Waals surface area contributed by atoms with Gasteiger partial charge in [0.15, 0.2) is 0 Å². The first-order chi connectivity index (χ1) is 12.4. The van der Waals surface area contributed by atoms with Gasteiger partial charge in [-0.3, -0.25) is 9.69 Å². The van der Waals surface area contributed by atoms with Gasteiger partial charge in [0.1, 0.15) is 0 Å². The zero-order chi connectivity index (χ0) is 18.7. The summed E-state index contributed by atoms with van der Waals surface area (Å²) in [6.07, 6.45) is 0.971. The van der Waals surface area contributed by atoms with Gasteiger partial charge in [0, 0.05) is 56.9 Å². The molecule has 152 valence electrons. The second kappa shape index (κ2) is 9.34. The summed E-state index contributed by atoms with van der Waals surface area (Å²) >= 11 is 0. The second-order valence-electron chi connectivity index (χ2n) is 7.28. The number of sulfonamides is 1. The molecule has 3 rings (SSSR count). The Labute approximate surface area is 167 Å². The van der Waals surface area contributed by atoms with Crippen molar-refractivity contribution in [1.29, 1.82) is 0 Å². The molecular weight excluding hydrogens is 388 g/mol. The maximum atomic E-state index is 12.9. The topological polar surface area (TPSA) is 81.8 Å². The third-order valence-electron chi connectivity index (χ3n) is 4.90. The molecule has 0 radical (unpaired) electrons. The van der Waals surface area contributed by atoms with Crippen molar-refractivity contribution in [2.75, 3.05) is 39.3 Å². The zero-order valence-electron chi connectivity index (χ0n) is 15.8. The Morgan fingerprint density at radius 1 is 1.22 bits per heavy atom. The van der Waals surface area contributed by atoms with E-state index in [9.17, 15) is 13.2 Å². The van der Waals surface area contributed by atoms with Crippen LogP contribution in [-0.4, -0.2) is 75.5 Å². The number of hydrogen-bond donors (Lipinski definition) is 2. The molecule has 1 aromatic rings. The zero-order valence-corrected chi connectivity index (χ0v) is 17.5. The van der Waals surface area contributed by atoms with Crippen molar-refractivity contribution in [2.45, 2.75) is 37.2 Å². The third kappa shape index (κ3) is 5.42. The normalized spacial score (nSPS) is 21.3. The van der Waals surface area contributed by atoms with Gasteiger partial charge >= 0.3 is 0 Å². The summed E-state index contributed by atoms with van der Waals surface area (Å²) in [6.45, 7) is 8.98. The molecule has 0 saturated carbocycles. The Morgan fingerprint density at radius 3 is 2.59 bits per heavy atom. The molecule has 1 atom stereocenters. The molecular formula is C18H29ClN4O3S. The van der Waals surface area contributed by atoms with Crippen molar-refractivity contribution in [3.63, 3.8) is 0 Å². The van der Waals surface area contributed by atoms with E-state index in [1.165, 1.54) is 12.1 Å². The van der Waals surface area contributed by atoms with E-state index in [-0.39, 0.29) is 29.3 Å². The first-order valence-corrected chi connectivity index (χ1v) is 10.7. The summed E-state index contributed by atoms with van der Waals surface area (Å²) in [4.78, 5) is 17.3. The first-order valence-electron chi connectivity index (χ1n) is 9.23. The van der Waals surface area contributed by atoms with Crippen molar-refractivity contribution in [1.82, 2.24) is 19.8 Å². The van der Waals surface area contributed by atoms with Crippen LogP contribution in [0.15, 0.2) is 29.2 Å². The lowest BCUT2D eigenvalue weighted by Crippen LogP contribution is -2.49. The number of likely N-dealkylation sites (tertiary alicyclic amines) is 1. The van der Waals surface area contributed by atoms with Gasteiger partial charge in [-0.25, -0.2) is 13.1 Å². The summed E-state index contributed by atoms with van der Waals surface area (Å²) in [5.41, 5.74) is 0.428. The highest BCUT2D eigenvalue weighted by molar-refractivity contribution is 7.89. The van der Waals surface area contributed by atoms with E-state index < -0.39 is 10.0 Å². The molecule has 27 heavy (non-hydrogen) atoms. The lowest BCUT2D eigenvalue weighted by atomic mass is 10.2. The SMILES string of the molecule is CC(C)NS(=O)(=O)c1cccc(C(=O)N2CCC(N3CCNCC3)C2)c1.Cl. The predicted molar refractivity (Wildman–Crippen MR) is 108 cm³/mol. The summed E-state index contributed by atoms with van der Waals surface area (Å²) in [6, 6.07) is 6.52. The smallest absolute Gasteiger partial charge is 0.253 e. The number of nitrogens with zero attached hydrogens (tertiary/aromatic N) is 2. The molecule has 2 aliphatic rings. The molecule has 2 saturated heterocycles. The average Bonchev–Trinajstić information content (AvgIpc) is 3.11. The van der Waals surface area contributed by atoms with E-state index in [4.69, 9.17) is 0 Å². The number of nitrogens with one attached hydrogen (secondary N) is 2. The minimum atomic E-state index is -3.60. The summed E-state index contributed by atoms with van der Waals surface area (Å²) in [5.74, 6) is -0.0933. The highest BCUT2D eigenvalue weighted by Crippen LogP contribution is 2.20. The molecule has 2 fully saturated rings. The molecule has 2 aliphatic heterocycles. The van der Waals surface area contributed by atoms with E-state index in [1.807, 2.05) is 4.90 Å². The fraction of sp³-hybridized carbons (Fsp3) is 0.611. The average molecular weight is 417 g/mol. The molecule has 0 bridgehead atoms. The summed E-state index contributed by atoms with van der Waals surface area (Å²) in [7, 11) is -3.60. The Bertz CT molecular complexity index is 751. The first kappa shape index (κ1) is 22.1. The van der Waals surface area contributed by atoms with Crippen LogP contribution >= 0.6 is 12.4 Å². The number of benzene rings is 1. The Kier molecular flexibility index (Phi) is 7.64. The summed E-state index contributed by atoms with van der Waals surface area (Å²) < 4.78 is 27.3. The van der Waals surface area contributed by atoms with Gasteiger partial charge in [-0.2, -0.15) is 0 Å². The molecule has 1 amide bonds. The number of carbonyl (C=O) groups excluding carboxylic acids is 1. The number of halogens is 1. The van der Waals surface area contributed by atoms with Crippen LogP contribution in [-0.2, 0) is 10.0 Å². The molecule has 2 heterocycles. The van der Waals surface area contributed by atoms with E-state index in [1.54, 1.807) is 26.0 Å². The molecule has 0 aliphatic carbocycles. The van der Waals surface area contributed by atoms with Crippen LogP contribution in [0.5, 0.6) is 0 Å². The molecule has 7 nitrogen and oxygen atoms in total. The van der Waals surface area contributed by atoms with E-state index in [2.05, 4.69) is 14.9 Å². The lowest BCUT2D eigenvalue weighted by molar-refractivity contribution is 0.0773. The Balaban J connectivity index is 0.00000261. The van der Waals surface area contributed by atoms with Gasteiger partial charge in [0.2, 0.25) is 10.0 Å². The van der Waals surface area contributed by atoms with Crippen molar-refractivity contribution in [3.05, 3.63) is 29.8 Å². The highest BCUT2D eigenvalue weighted by Gasteiger charge is 2.31. The number of rotatable bonds is 5. The van der Waals surface area contributed by atoms with Gasteiger partial charge in [-0.05, 0) is 38.5 Å². The molecule has 0 spiro atoms. The monoisotopic (exact) mass is 416 g/mol. The largest absolute Gasteiger partial charge is 0.337 e. The summed E-state index contributed by atoms with van der Waals surface area (Å²) in [5, 5.41) is 3.35. The van der Waals surface area contributed by atoms with Gasteiger partial charge in [0.05, 0.1) is 4.90 Å². The molecule has 2 N–H and O–H groups in total. The van der Waals surface area contributed by atoms with Gasteiger partial charge < -0.3 is 10.2 Å². The fourth-order valence-electron chi connectivity index (χ4n) is 3.63. The molecule has 1 aromatic carbocycles. The van der Waals surface area contributed by atoms with Crippen LogP contribution in [0.1, 0.15) is 30.6 Å². The standard InChI is InChI=1S/C18H28N4O3S.ClH/c1-14(2)20-26(24,25)17-5-3-4-15(12-17)18(23)22-9-6-16(13-22)21-10-7-19-8-11-21;/h3-5,12,14,16,19-20H,6-11,13H2,1-2H3;1H. The van der Waals surface area contributed by atoms with Crippen molar-refractivity contribution in [3.8, 4) is 0 Å². The van der Waals surface area contributed by atoms with Crippen LogP contribution in [0.4, 0.5) is 0 Å². The molecule has 1 unspecified atom stereocenters. The van der Waals surface area contributed by atoms with Crippen LogP contribution < -0.4 is 10.0 Å². The number of amides is 1. The second-order valence-corrected chi connectivity index (χ2v) is 9.00. The van der Waals surface area contributed by atoms with E-state index in [0.717, 1.165) is 32.6 Å². The minimum absolute atomic E-state index is 0. The predicted octanol–water partition coefficient (Wildman–Crippen LogP) is 0.915. The van der Waals surface area contributed by atoms with Crippen molar-refractivity contribution in [2.24, 2.45) is 0 Å². The molecule has 9 heteroatoms. The lowest BCUT2D eigenvalue weighted by Gasteiger charge is -2.32. The number of piperazine rings is 1. The van der Waals surface area contributed by atoms with Gasteiger partial charge in [0.25, 0.3) is 5.91 Å². The molecule has 0 aromatic heterocycles. The van der Waals surface area contributed by atoms with Crippen LogP contribution in [0.25, 0.3) is 0 Å². The maximum Gasteiger partial charge on any atom is 0.253 e. The number of hydrogen-bond acceptors (Lipinski definition) is 5. The Morgan fingerprint density at radius 2 is 1.93 bits per heavy atom. The number of carbonyl (C=O) groups is 1. The third-order valence-corrected chi connectivity index (χ3v) is 6.56. The van der Waals surface area contributed by atoms with Crippen molar-refractivity contribution >= 4 is 28.3 Å². The highest BCUT2D eigenvalue weighted by atomic mass is 35.5. The van der Waals surface area contributed by atoms with Crippen LogP contribution in [0, 0.1) is 0 Å². The maximum absolute atomic E-state index is 12.9. The van der Waals surface area contributed by atoms with Gasteiger partial charge in [-0.15, -0.1) is 12.4 Å². The minimum Gasteiger partial charge on any atom is -0.337 e. The quantitative estimate of drug-likeness (QED) is 0.745. The van der Waals surface area contributed by atoms with Crippen molar-refractivity contribution < 1.29 is 13.2 Å².